The van der Waals surface area contributed by atoms with Crippen LogP contribution in [0.1, 0.15) is 46.5 Å². The molecule has 0 bridgehead atoms. The van der Waals surface area contributed by atoms with Crippen LogP contribution in [-0.2, 0) is 9.47 Å². The summed E-state index contributed by atoms with van der Waals surface area (Å²) < 4.78 is 10.6. The van der Waals surface area contributed by atoms with Crippen LogP contribution in [0.2, 0.25) is 0 Å². The van der Waals surface area contributed by atoms with Gasteiger partial charge in [-0.3, -0.25) is 0 Å². The number of unbranched alkanes of at least 4 members (excludes halogenated alkanes) is 3. The average molecular weight is 229 g/mol. The van der Waals surface area contributed by atoms with Gasteiger partial charge in [-0.1, -0.05) is 12.8 Å². The molecule has 1 N–H and O–H groups in total. The molecule has 0 radical (unpaired) electrons. The van der Waals surface area contributed by atoms with Gasteiger partial charge in [0.2, 0.25) is 0 Å². The quantitative estimate of drug-likeness (QED) is 0.648. The summed E-state index contributed by atoms with van der Waals surface area (Å²) >= 11 is 0. The van der Waals surface area contributed by atoms with E-state index in [-0.39, 0.29) is 5.54 Å². The summed E-state index contributed by atoms with van der Waals surface area (Å²) in [5.74, 6) is 0. The fourth-order valence-electron chi connectivity index (χ4n) is 1.60. The summed E-state index contributed by atoms with van der Waals surface area (Å²) in [4.78, 5) is 0. The van der Waals surface area contributed by atoms with Crippen LogP contribution >= 0.6 is 0 Å². The van der Waals surface area contributed by atoms with Crippen molar-refractivity contribution in [1.82, 2.24) is 5.32 Å². The minimum atomic E-state index is 0.257. The van der Waals surface area contributed by atoms with E-state index < -0.39 is 0 Å². The van der Waals surface area contributed by atoms with E-state index in [4.69, 9.17) is 9.47 Å². The van der Waals surface area contributed by atoms with Crippen molar-refractivity contribution in [2.24, 2.45) is 0 Å². The van der Waals surface area contributed by atoms with Crippen molar-refractivity contribution in [3.63, 3.8) is 0 Å². The highest BCUT2D eigenvalue weighted by Gasteiger charge is 2.17. The number of ether oxygens (including phenoxy) is 2. The van der Waals surface area contributed by atoms with Gasteiger partial charge < -0.3 is 14.8 Å². The number of rotatable bonds is 8. The molecule has 1 rings (SSSR count). The van der Waals surface area contributed by atoms with Gasteiger partial charge >= 0.3 is 0 Å². The molecule has 1 heterocycles. The van der Waals surface area contributed by atoms with E-state index in [1.807, 2.05) is 0 Å². The van der Waals surface area contributed by atoms with Crippen LogP contribution < -0.4 is 5.32 Å². The molecule has 0 spiro atoms. The molecule has 0 atom stereocenters. The van der Waals surface area contributed by atoms with Crippen molar-refractivity contribution >= 4 is 0 Å². The molecule has 0 aromatic rings. The smallest absolute Gasteiger partial charge is 0.104 e. The Morgan fingerprint density at radius 3 is 2.38 bits per heavy atom. The Hall–Kier alpha value is -0.120. The topological polar surface area (TPSA) is 30.5 Å². The van der Waals surface area contributed by atoms with Crippen molar-refractivity contribution in [2.45, 2.75) is 58.1 Å². The summed E-state index contributed by atoms with van der Waals surface area (Å²) in [7, 11) is 0. The normalized spacial score (nSPS) is 17.4. The van der Waals surface area contributed by atoms with E-state index in [0.29, 0.717) is 6.10 Å². The van der Waals surface area contributed by atoms with Crippen LogP contribution in [-0.4, -0.2) is 38.0 Å². The zero-order valence-electron chi connectivity index (χ0n) is 11.1. The first-order chi connectivity index (χ1) is 7.58. The minimum absolute atomic E-state index is 0.257. The highest BCUT2D eigenvalue weighted by Crippen LogP contribution is 2.07. The number of hydrogen-bond acceptors (Lipinski definition) is 3. The molecule has 0 unspecified atom stereocenters. The van der Waals surface area contributed by atoms with Crippen molar-refractivity contribution in [3.05, 3.63) is 0 Å². The van der Waals surface area contributed by atoms with Crippen LogP contribution in [0.25, 0.3) is 0 Å². The second kappa shape index (κ2) is 7.25. The van der Waals surface area contributed by atoms with E-state index in [2.05, 4.69) is 26.1 Å². The third-order valence-electron chi connectivity index (χ3n) is 2.69. The first-order valence-corrected chi connectivity index (χ1v) is 6.52. The van der Waals surface area contributed by atoms with E-state index in [1.54, 1.807) is 0 Å². The van der Waals surface area contributed by atoms with Crippen molar-refractivity contribution in [3.8, 4) is 0 Å². The Labute approximate surface area is 99.9 Å². The van der Waals surface area contributed by atoms with Crippen molar-refractivity contribution < 1.29 is 9.47 Å². The predicted molar refractivity (Wildman–Crippen MR) is 66.8 cm³/mol. The first-order valence-electron chi connectivity index (χ1n) is 6.52. The van der Waals surface area contributed by atoms with Crippen LogP contribution in [0.15, 0.2) is 0 Å². The Morgan fingerprint density at radius 1 is 1.12 bits per heavy atom. The van der Waals surface area contributed by atoms with Gasteiger partial charge in [-0.05, 0) is 40.2 Å². The Bertz CT molecular complexity index is 173. The van der Waals surface area contributed by atoms with Gasteiger partial charge in [0.05, 0.1) is 13.2 Å². The van der Waals surface area contributed by atoms with E-state index in [0.717, 1.165) is 26.4 Å². The highest BCUT2D eigenvalue weighted by molar-refractivity contribution is 4.69. The van der Waals surface area contributed by atoms with E-state index in [1.165, 1.54) is 25.7 Å². The van der Waals surface area contributed by atoms with E-state index >= 15 is 0 Å². The largest absolute Gasteiger partial charge is 0.376 e. The lowest BCUT2D eigenvalue weighted by atomic mass is 10.1. The van der Waals surface area contributed by atoms with Crippen molar-refractivity contribution in [2.75, 3.05) is 26.4 Å². The van der Waals surface area contributed by atoms with Crippen LogP contribution in [0, 0.1) is 0 Å². The maximum atomic E-state index is 5.60. The standard InChI is InChI=1S/C13H27NO2/c1-13(2,3)14-8-6-4-5-7-9-16-12-10-15-11-12/h12,14H,4-11H2,1-3H3. The SMILES string of the molecule is CC(C)(C)NCCCCCCOC1COC1. The molecule has 1 fully saturated rings. The average Bonchev–Trinajstić information content (AvgIpc) is 2.10. The van der Waals surface area contributed by atoms with Crippen LogP contribution in [0.3, 0.4) is 0 Å². The highest BCUT2D eigenvalue weighted by atomic mass is 16.6. The van der Waals surface area contributed by atoms with Gasteiger partial charge in [0, 0.05) is 12.1 Å². The molecule has 3 nitrogen and oxygen atoms in total. The van der Waals surface area contributed by atoms with Gasteiger partial charge in [0.25, 0.3) is 0 Å². The lowest BCUT2D eigenvalue weighted by Gasteiger charge is -2.25. The monoisotopic (exact) mass is 229 g/mol. The lowest BCUT2D eigenvalue weighted by molar-refractivity contribution is -0.129. The molecule has 0 amide bonds. The molecule has 1 saturated heterocycles. The van der Waals surface area contributed by atoms with Gasteiger partial charge in [-0.2, -0.15) is 0 Å². The van der Waals surface area contributed by atoms with Gasteiger partial charge in [0.1, 0.15) is 6.10 Å². The number of nitrogens with one attached hydrogen (secondary N) is 1. The summed E-state index contributed by atoms with van der Waals surface area (Å²) in [6.07, 6.45) is 5.42. The second-order valence-corrected chi connectivity index (χ2v) is 5.62. The summed E-state index contributed by atoms with van der Waals surface area (Å²) in [6.45, 7) is 10.3. The Morgan fingerprint density at radius 2 is 1.81 bits per heavy atom. The van der Waals surface area contributed by atoms with Gasteiger partial charge in [-0.15, -0.1) is 0 Å². The maximum absolute atomic E-state index is 5.60. The molecule has 0 aliphatic carbocycles. The Balaban J connectivity index is 1.74. The lowest BCUT2D eigenvalue weighted by Crippen LogP contribution is -2.36. The molecule has 3 heteroatoms. The molecular formula is C13H27NO2. The van der Waals surface area contributed by atoms with Gasteiger partial charge in [0.15, 0.2) is 0 Å². The molecule has 1 aliphatic rings. The summed E-state index contributed by atoms with van der Waals surface area (Å²) in [6, 6.07) is 0. The van der Waals surface area contributed by atoms with E-state index in [9.17, 15) is 0 Å². The third-order valence-corrected chi connectivity index (χ3v) is 2.69. The van der Waals surface area contributed by atoms with Gasteiger partial charge in [-0.25, -0.2) is 0 Å². The van der Waals surface area contributed by atoms with Crippen LogP contribution in [0.4, 0.5) is 0 Å². The third kappa shape index (κ3) is 7.20. The molecule has 16 heavy (non-hydrogen) atoms. The first kappa shape index (κ1) is 13.9. The fraction of sp³-hybridized carbons (Fsp3) is 1.00. The zero-order chi connectivity index (χ0) is 11.9. The summed E-state index contributed by atoms with van der Waals surface area (Å²) in [5.41, 5.74) is 0.257. The fourth-order valence-corrected chi connectivity index (χ4v) is 1.60. The molecule has 0 saturated carbocycles. The Kier molecular flexibility index (Phi) is 6.32. The van der Waals surface area contributed by atoms with Crippen molar-refractivity contribution in [1.29, 1.82) is 0 Å². The van der Waals surface area contributed by atoms with Crippen LogP contribution in [0.5, 0.6) is 0 Å². The molecular weight excluding hydrogens is 202 g/mol. The molecule has 96 valence electrons. The zero-order valence-corrected chi connectivity index (χ0v) is 11.1. The predicted octanol–water partition coefficient (Wildman–Crippen LogP) is 2.35. The maximum Gasteiger partial charge on any atom is 0.104 e. The second-order valence-electron chi connectivity index (χ2n) is 5.62. The summed E-state index contributed by atoms with van der Waals surface area (Å²) in [5, 5.41) is 3.50. The molecule has 0 aromatic carbocycles. The number of hydrogen-bond donors (Lipinski definition) is 1. The minimum Gasteiger partial charge on any atom is -0.376 e. The molecule has 0 aromatic heterocycles. The molecule has 1 aliphatic heterocycles.